The molecule has 1 heterocycles. The highest BCUT2D eigenvalue weighted by atomic mass is 16.5. The van der Waals surface area contributed by atoms with E-state index in [1.807, 2.05) is 31.2 Å². The first kappa shape index (κ1) is 13.2. The molecular formula is C15H17NO3. The first-order chi connectivity index (χ1) is 9.10. The molecule has 2 rings (SSSR count). The van der Waals surface area contributed by atoms with Gasteiger partial charge >= 0.3 is 5.97 Å². The summed E-state index contributed by atoms with van der Waals surface area (Å²) in [4.78, 5) is 13.7. The minimum absolute atomic E-state index is 0.252. The van der Waals surface area contributed by atoms with Crippen molar-refractivity contribution in [1.29, 1.82) is 0 Å². The first-order valence-corrected chi connectivity index (χ1v) is 6.15. The Morgan fingerprint density at radius 2 is 1.95 bits per heavy atom. The van der Waals surface area contributed by atoms with E-state index in [1.165, 1.54) is 5.56 Å². The molecule has 0 spiro atoms. The Bertz CT molecular complexity index is 570. The van der Waals surface area contributed by atoms with E-state index in [4.69, 9.17) is 9.84 Å². The van der Waals surface area contributed by atoms with E-state index in [0.29, 0.717) is 0 Å². The number of aromatic carboxylic acids is 1. The lowest BCUT2D eigenvalue weighted by molar-refractivity contribution is 0.0691. The summed E-state index contributed by atoms with van der Waals surface area (Å²) in [5.41, 5.74) is 3.43. The number of carboxylic acid groups (broad SMARTS) is 1. The molecule has 4 nitrogen and oxygen atoms in total. The summed E-state index contributed by atoms with van der Waals surface area (Å²) in [6.45, 7) is 1.90. The van der Waals surface area contributed by atoms with Crippen LogP contribution in [0.1, 0.15) is 27.3 Å². The van der Waals surface area contributed by atoms with Gasteiger partial charge in [0.1, 0.15) is 11.4 Å². The smallest absolute Gasteiger partial charge is 0.352 e. The van der Waals surface area contributed by atoms with Crippen LogP contribution in [0.15, 0.2) is 30.3 Å². The lowest BCUT2D eigenvalue weighted by atomic mass is 10.0. The molecule has 2 N–H and O–H groups in total. The maximum Gasteiger partial charge on any atom is 0.352 e. The average Bonchev–Trinajstić information content (AvgIpc) is 2.79. The van der Waals surface area contributed by atoms with E-state index >= 15 is 0 Å². The Kier molecular flexibility index (Phi) is 3.90. The molecule has 0 bridgehead atoms. The molecule has 2 aromatic rings. The van der Waals surface area contributed by atoms with Gasteiger partial charge in [-0.1, -0.05) is 12.1 Å². The number of hydrogen-bond donors (Lipinski definition) is 2. The Labute approximate surface area is 112 Å². The molecule has 4 heteroatoms. The molecule has 0 radical (unpaired) electrons. The summed E-state index contributed by atoms with van der Waals surface area (Å²) in [5, 5.41) is 8.92. The Hall–Kier alpha value is -2.23. The van der Waals surface area contributed by atoms with E-state index < -0.39 is 5.97 Å². The second kappa shape index (κ2) is 5.61. The van der Waals surface area contributed by atoms with Crippen molar-refractivity contribution in [3.8, 4) is 5.75 Å². The van der Waals surface area contributed by atoms with Crippen LogP contribution in [0.25, 0.3) is 0 Å². The highest BCUT2D eigenvalue weighted by Gasteiger charge is 2.09. The van der Waals surface area contributed by atoms with E-state index in [2.05, 4.69) is 4.98 Å². The predicted molar refractivity (Wildman–Crippen MR) is 72.9 cm³/mol. The standard InChI is InChI=1S/C15H17NO3/c1-10-12(9-14(16-10)15(17)18)6-3-11-4-7-13(19-2)8-5-11/h4-5,7-9,16H,3,6H2,1-2H3,(H,17,18). The van der Waals surface area contributed by atoms with Crippen LogP contribution in [0.5, 0.6) is 5.75 Å². The van der Waals surface area contributed by atoms with Crippen molar-refractivity contribution in [2.45, 2.75) is 19.8 Å². The largest absolute Gasteiger partial charge is 0.497 e. The summed E-state index contributed by atoms with van der Waals surface area (Å²) in [6.07, 6.45) is 1.70. The number of rotatable bonds is 5. The molecule has 0 atom stereocenters. The average molecular weight is 259 g/mol. The summed E-state index contributed by atoms with van der Waals surface area (Å²) in [5.74, 6) is -0.0754. The van der Waals surface area contributed by atoms with Crippen molar-refractivity contribution in [2.24, 2.45) is 0 Å². The van der Waals surface area contributed by atoms with E-state index in [9.17, 15) is 4.79 Å². The number of H-pyrrole nitrogens is 1. The number of aromatic nitrogens is 1. The predicted octanol–water partition coefficient (Wildman–Crippen LogP) is 2.82. The third kappa shape index (κ3) is 3.16. The Balaban J connectivity index is 2.03. The Morgan fingerprint density at radius 1 is 1.26 bits per heavy atom. The highest BCUT2D eigenvalue weighted by Crippen LogP contribution is 2.16. The van der Waals surface area contributed by atoms with Gasteiger partial charge in [-0.25, -0.2) is 4.79 Å². The quantitative estimate of drug-likeness (QED) is 0.868. The fourth-order valence-corrected chi connectivity index (χ4v) is 2.05. The number of methoxy groups -OCH3 is 1. The van der Waals surface area contributed by atoms with Gasteiger partial charge in [0.25, 0.3) is 0 Å². The molecular weight excluding hydrogens is 242 g/mol. The number of benzene rings is 1. The van der Waals surface area contributed by atoms with Crippen LogP contribution in [-0.4, -0.2) is 23.2 Å². The molecule has 0 amide bonds. The van der Waals surface area contributed by atoms with Gasteiger partial charge in [0.2, 0.25) is 0 Å². The third-order valence-electron chi connectivity index (χ3n) is 3.19. The van der Waals surface area contributed by atoms with Gasteiger partial charge in [-0.05, 0) is 49.1 Å². The molecule has 19 heavy (non-hydrogen) atoms. The minimum Gasteiger partial charge on any atom is -0.497 e. The zero-order valence-corrected chi connectivity index (χ0v) is 11.1. The molecule has 0 unspecified atom stereocenters. The molecule has 1 aromatic carbocycles. The van der Waals surface area contributed by atoms with Gasteiger partial charge in [-0.2, -0.15) is 0 Å². The van der Waals surface area contributed by atoms with Crippen LogP contribution in [0, 0.1) is 6.92 Å². The third-order valence-corrected chi connectivity index (χ3v) is 3.19. The van der Waals surface area contributed by atoms with Crippen molar-refractivity contribution < 1.29 is 14.6 Å². The summed E-state index contributed by atoms with van der Waals surface area (Å²) in [6, 6.07) is 9.63. The monoisotopic (exact) mass is 259 g/mol. The number of nitrogens with one attached hydrogen (secondary N) is 1. The fourth-order valence-electron chi connectivity index (χ4n) is 2.05. The molecule has 0 aliphatic heterocycles. The van der Waals surface area contributed by atoms with Gasteiger partial charge in [0.15, 0.2) is 0 Å². The molecule has 0 saturated heterocycles. The first-order valence-electron chi connectivity index (χ1n) is 6.15. The summed E-state index contributed by atoms with van der Waals surface area (Å²) < 4.78 is 5.11. The maximum absolute atomic E-state index is 10.9. The SMILES string of the molecule is COc1ccc(CCc2cc(C(=O)O)[nH]c2C)cc1. The second-order valence-electron chi connectivity index (χ2n) is 4.49. The molecule has 0 aliphatic carbocycles. The minimum atomic E-state index is -0.918. The topological polar surface area (TPSA) is 62.3 Å². The maximum atomic E-state index is 10.9. The van der Waals surface area contributed by atoms with Crippen LogP contribution in [-0.2, 0) is 12.8 Å². The van der Waals surface area contributed by atoms with Crippen molar-refractivity contribution in [1.82, 2.24) is 4.98 Å². The number of carbonyl (C=O) groups is 1. The lowest BCUT2D eigenvalue weighted by Crippen LogP contribution is -1.95. The number of carboxylic acids is 1. The van der Waals surface area contributed by atoms with Gasteiger partial charge in [0.05, 0.1) is 7.11 Å². The van der Waals surface area contributed by atoms with Crippen LogP contribution in [0.3, 0.4) is 0 Å². The second-order valence-corrected chi connectivity index (χ2v) is 4.49. The number of aromatic amines is 1. The van der Waals surface area contributed by atoms with Crippen LogP contribution >= 0.6 is 0 Å². The van der Waals surface area contributed by atoms with Crippen molar-refractivity contribution in [2.75, 3.05) is 7.11 Å². The normalized spacial score (nSPS) is 10.4. The molecule has 0 saturated carbocycles. The van der Waals surface area contributed by atoms with Gasteiger partial charge in [-0.3, -0.25) is 0 Å². The number of aryl methyl sites for hydroxylation is 3. The van der Waals surface area contributed by atoms with Gasteiger partial charge in [0, 0.05) is 5.69 Å². The Morgan fingerprint density at radius 3 is 2.47 bits per heavy atom. The molecule has 1 aromatic heterocycles. The highest BCUT2D eigenvalue weighted by molar-refractivity contribution is 5.86. The fraction of sp³-hybridized carbons (Fsp3) is 0.267. The number of ether oxygens (including phenoxy) is 1. The summed E-state index contributed by atoms with van der Waals surface area (Å²) in [7, 11) is 1.64. The summed E-state index contributed by atoms with van der Waals surface area (Å²) >= 11 is 0. The van der Waals surface area contributed by atoms with Crippen molar-refractivity contribution in [3.05, 3.63) is 52.8 Å². The van der Waals surface area contributed by atoms with Crippen LogP contribution in [0.2, 0.25) is 0 Å². The van der Waals surface area contributed by atoms with Gasteiger partial charge in [-0.15, -0.1) is 0 Å². The lowest BCUT2D eigenvalue weighted by Gasteiger charge is -2.03. The zero-order chi connectivity index (χ0) is 13.8. The van der Waals surface area contributed by atoms with E-state index in [0.717, 1.165) is 29.8 Å². The van der Waals surface area contributed by atoms with Crippen molar-refractivity contribution >= 4 is 5.97 Å². The van der Waals surface area contributed by atoms with Gasteiger partial charge < -0.3 is 14.8 Å². The van der Waals surface area contributed by atoms with E-state index in [1.54, 1.807) is 13.2 Å². The van der Waals surface area contributed by atoms with Crippen LogP contribution in [0.4, 0.5) is 0 Å². The van der Waals surface area contributed by atoms with E-state index in [-0.39, 0.29) is 5.69 Å². The van der Waals surface area contributed by atoms with Crippen LogP contribution < -0.4 is 4.74 Å². The number of hydrogen-bond acceptors (Lipinski definition) is 2. The molecule has 100 valence electrons. The van der Waals surface area contributed by atoms with Crippen molar-refractivity contribution in [3.63, 3.8) is 0 Å². The zero-order valence-electron chi connectivity index (χ0n) is 11.1. The molecule has 0 aliphatic rings. The molecule has 0 fully saturated rings.